The van der Waals surface area contributed by atoms with Crippen molar-refractivity contribution in [3.8, 4) is 0 Å². The number of benzene rings is 3. The minimum Gasteiger partial charge on any atom is -0.342 e. The molecule has 1 atom stereocenters. The van der Waals surface area contributed by atoms with Crippen LogP contribution in [0.4, 0.5) is 0 Å². The van der Waals surface area contributed by atoms with Crippen LogP contribution in [0.2, 0.25) is 0 Å². The normalized spacial score (nSPS) is 12.1. The van der Waals surface area contributed by atoms with Gasteiger partial charge in [-0.15, -0.1) is 0 Å². The number of para-hydroxylation sites is 2. The summed E-state index contributed by atoms with van der Waals surface area (Å²) in [6, 6.07) is 26.2. The van der Waals surface area contributed by atoms with Crippen LogP contribution in [-0.2, 0) is 13.0 Å². The van der Waals surface area contributed by atoms with E-state index in [9.17, 15) is 4.79 Å². The third-order valence-corrected chi connectivity index (χ3v) is 5.50. The van der Waals surface area contributed by atoms with Crippen LogP contribution in [0, 0.1) is 6.92 Å². The predicted molar refractivity (Wildman–Crippen MR) is 122 cm³/mol. The van der Waals surface area contributed by atoms with E-state index >= 15 is 0 Å². The van der Waals surface area contributed by atoms with Crippen LogP contribution in [0.5, 0.6) is 0 Å². The molecular formula is C26H27N3O. The third kappa shape index (κ3) is 4.28. The van der Waals surface area contributed by atoms with Gasteiger partial charge < -0.3 is 9.88 Å². The van der Waals surface area contributed by atoms with E-state index in [4.69, 9.17) is 4.98 Å². The van der Waals surface area contributed by atoms with Gasteiger partial charge in [0.15, 0.2) is 0 Å². The number of fused-ring (bicyclic) bond motifs is 1. The number of carbonyl (C=O) groups excluding carboxylic acids is 1. The first kappa shape index (κ1) is 19.9. The van der Waals surface area contributed by atoms with Crippen molar-refractivity contribution >= 4 is 16.9 Å². The van der Waals surface area contributed by atoms with E-state index in [1.54, 1.807) is 0 Å². The van der Waals surface area contributed by atoms with E-state index in [2.05, 4.69) is 40.2 Å². The van der Waals surface area contributed by atoms with Crippen LogP contribution in [-0.4, -0.2) is 15.5 Å². The highest BCUT2D eigenvalue weighted by atomic mass is 16.1. The van der Waals surface area contributed by atoms with E-state index in [0.29, 0.717) is 5.56 Å². The molecular weight excluding hydrogens is 370 g/mol. The van der Waals surface area contributed by atoms with E-state index in [-0.39, 0.29) is 11.9 Å². The van der Waals surface area contributed by atoms with E-state index in [1.165, 1.54) is 5.56 Å². The second kappa shape index (κ2) is 8.95. The highest BCUT2D eigenvalue weighted by Gasteiger charge is 2.19. The number of aryl methyl sites for hydroxylation is 3. The summed E-state index contributed by atoms with van der Waals surface area (Å²) in [5.41, 5.74) is 5.08. The van der Waals surface area contributed by atoms with Gasteiger partial charge in [-0.2, -0.15) is 0 Å². The van der Waals surface area contributed by atoms with E-state index in [1.807, 2.05) is 62.4 Å². The maximum absolute atomic E-state index is 12.8. The molecule has 1 aromatic heterocycles. The molecule has 0 radical (unpaired) electrons. The summed E-state index contributed by atoms with van der Waals surface area (Å²) in [7, 11) is 0. The van der Waals surface area contributed by atoms with Crippen LogP contribution in [0.15, 0.2) is 78.9 Å². The van der Waals surface area contributed by atoms with Gasteiger partial charge in [-0.3, -0.25) is 4.79 Å². The van der Waals surface area contributed by atoms with Gasteiger partial charge in [0.05, 0.1) is 17.1 Å². The van der Waals surface area contributed by atoms with Crippen LogP contribution in [0.1, 0.15) is 46.7 Å². The fourth-order valence-electron chi connectivity index (χ4n) is 3.91. The van der Waals surface area contributed by atoms with Crippen LogP contribution in [0.3, 0.4) is 0 Å². The molecule has 152 valence electrons. The average Bonchev–Trinajstić information content (AvgIpc) is 3.14. The lowest BCUT2D eigenvalue weighted by atomic mass is 10.1. The van der Waals surface area contributed by atoms with Gasteiger partial charge in [-0.1, -0.05) is 60.7 Å². The Hall–Kier alpha value is -3.40. The predicted octanol–water partition coefficient (Wildman–Crippen LogP) is 5.47. The zero-order chi connectivity index (χ0) is 20.9. The van der Waals surface area contributed by atoms with E-state index < -0.39 is 0 Å². The highest BCUT2D eigenvalue weighted by Crippen LogP contribution is 2.22. The standard InChI is InChI=1S/C26H27N3O/c1-19-11-6-7-15-22(19)26(30)27-20(2)25-28-23-16-8-9-17-24(23)29(25)18-10-14-21-12-4-3-5-13-21/h3-9,11-13,15-17,20H,10,14,18H2,1-2H3,(H,27,30). The van der Waals surface area contributed by atoms with E-state index in [0.717, 1.165) is 41.8 Å². The van der Waals surface area contributed by atoms with Gasteiger partial charge in [0.2, 0.25) is 0 Å². The van der Waals surface area contributed by atoms with Crippen molar-refractivity contribution in [2.24, 2.45) is 0 Å². The molecule has 0 aliphatic rings. The number of hydrogen-bond donors (Lipinski definition) is 1. The fourth-order valence-corrected chi connectivity index (χ4v) is 3.91. The molecule has 1 heterocycles. The molecule has 4 nitrogen and oxygen atoms in total. The molecule has 30 heavy (non-hydrogen) atoms. The molecule has 0 saturated carbocycles. The largest absolute Gasteiger partial charge is 0.342 e. The Bertz CT molecular complexity index is 1150. The summed E-state index contributed by atoms with van der Waals surface area (Å²) in [4.78, 5) is 17.7. The summed E-state index contributed by atoms with van der Waals surface area (Å²) in [5.74, 6) is 0.828. The molecule has 1 amide bonds. The molecule has 1 unspecified atom stereocenters. The lowest BCUT2D eigenvalue weighted by Crippen LogP contribution is -2.29. The van der Waals surface area contributed by atoms with Crippen molar-refractivity contribution in [1.29, 1.82) is 0 Å². The molecule has 0 spiro atoms. The van der Waals surface area contributed by atoms with Gasteiger partial charge in [0, 0.05) is 12.1 Å². The molecule has 0 aliphatic carbocycles. The molecule has 0 bridgehead atoms. The smallest absolute Gasteiger partial charge is 0.252 e. The highest BCUT2D eigenvalue weighted by molar-refractivity contribution is 5.95. The Morgan fingerprint density at radius 1 is 0.967 bits per heavy atom. The molecule has 4 aromatic rings. The van der Waals surface area contributed by atoms with Crippen molar-refractivity contribution in [1.82, 2.24) is 14.9 Å². The zero-order valence-corrected chi connectivity index (χ0v) is 17.5. The van der Waals surface area contributed by atoms with Gasteiger partial charge in [-0.25, -0.2) is 4.98 Å². The number of amides is 1. The van der Waals surface area contributed by atoms with Gasteiger partial charge in [-0.05, 0) is 56.0 Å². The third-order valence-electron chi connectivity index (χ3n) is 5.50. The van der Waals surface area contributed by atoms with Gasteiger partial charge in [0.1, 0.15) is 5.82 Å². The summed E-state index contributed by atoms with van der Waals surface area (Å²) < 4.78 is 2.25. The lowest BCUT2D eigenvalue weighted by molar-refractivity contribution is 0.0937. The second-order valence-corrected chi connectivity index (χ2v) is 7.71. The topological polar surface area (TPSA) is 46.9 Å². The quantitative estimate of drug-likeness (QED) is 0.450. The molecule has 1 N–H and O–H groups in total. The molecule has 3 aromatic carbocycles. The van der Waals surface area contributed by atoms with Crippen molar-refractivity contribution in [2.75, 3.05) is 0 Å². The molecule has 4 heteroatoms. The Labute approximate surface area is 177 Å². The summed E-state index contributed by atoms with van der Waals surface area (Å²) >= 11 is 0. The molecule has 0 fully saturated rings. The Morgan fingerprint density at radius 2 is 1.67 bits per heavy atom. The lowest BCUT2D eigenvalue weighted by Gasteiger charge is -2.17. The maximum Gasteiger partial charge on any atom is 0.252 e. The monoisotopic (exact) mass is 397 g/mol. The van der Waals surface area contributed by atoms with Crippen molar-refractivity contribution in [3.63, 3.8) is 0 Å². The fraction of sp³-hybridized carbons (Fsp3) is 0.231. The number of imidazole rings is 1. The number of nitrogens with one attached hydrogen (secondary N) is 1. The maximum atomic E-state index is 12.8. The minimum absolute atomic E-state index is 0.0662. The minimum atomic E-state index is -0.193. The average molecular weight is 398 g/mol. The number of rotatable bonds is 7. The number of aromatic nitrogens is 2. The Morgan fingerprint density at radius 3 is 2.47 bits per heavy atom. The van der Waals surface area contributed by atoms with Crippen molar-refractivity contribution < 1.29 is 4.79 Å². The summed E-state index contributed by atoms with van der Waals surface area (Å²) in [6.07, 6.45) is 2.02. The summed E-state index contributed by atoms with van der Waals surface area (Å²) in [6.45, 7) is 4.82. The SMILES string of the molecule is Cc1ccccc1C(=O)NC(C)c1nc2ccccc2n1CCCc1ccccc1. The Balaban J connectivity index is 1.56. The second-order valence-electron chi connectivity index (χ2n) is 7.71. The van der Waals surface area contributed by atoms with Gasteiger partial charge in [0.25, 0.3) is 5.91 Å². The van der Waals surface area contributed by atoms with Crippen LogP contribution in [0.25, 0.3) is 11.0 Å². The van der Waals surface area contributed by atoms with Crippen molar-refractivity contribution in [3.05, 3.63) is 101 Å². The Kier molecular flexibility index (Phi) is 5.94. The first-order valence-corrected chi connectivity index (χ1v) is 10.5. The van der Waals surface area contributed by atoms with Crippen LogP contribution >= 0.6 is 0 Å². The molecule has 0 saturated heterocycles. The number of nitrogens with zero attached hydrogens (tertiary/aromatic N) is 2. The zero-order valence-electron chi connectivity index (χ0n) is 17.5. The first-order chi connectivity index (χ1) is 14.6. The number of hydrogen-bond acceptors (Lipinski definition) is 2. The number of carbonyl (C=O) groups is 1. The van der Waals surface area contributed by atoms with Crippen LogP contribution < -0.4 is 5.32 Å². The summed E-state index contributed by atoms with van der Waals surface area (Å²) in [5, 5.41) is 3.14. The molecule has 0 aliphatic heterocycles. The van der Waals surface area contributed by atoms with Crippen molar-refractivity contribution in [2.45, 2.75) is 39.3 Å². The first-order valence-electron chi connectivity index (χ1n) is 10.5. The molecule has 4 rings (SSSR count). The van der Waals surface area contributed by atoms with Gasteiger partial charge >= 0.3 is 0 Å².